The van der Waals surface area contributed by atoms with Gasteiger partial charge in [0.25, 0.3) is 11.8 Å². The summed E-state index contributed by atoms with van der Waals surface area (Å²) in [7, 11) is 0. The number of carbonyl (C=O) groups excluding carboxylic acids is 2. The predicted molar refractivity (Wildman–Crippen MR) is 68.6 cm³/mol. The standard InChI is InChI=1S/C12H10FN3O5/c13-7-2-1-3-8(11(7)16(20)21)14-9-6-10(18)15(4-5-17)12(9)19/h1-3,6,14,17H,4-5H2. The van der Waals surface area contributed by atoms with E-state index in [1.807, 2.05) is 0 Å². The van der Waals surface area contributed by atoms with Crippen molar-refractivity contribution in [2.45, 2.75) is 0 Å². The Bertz CT molecular complexity index is 658. The number of hydrogen-bond acceptors (Lipinski definition) is 6. The van der Waals surface area contributed by atoms with Crippen LogP contribution >= 0.6 is 0 Å². The van der Waals surface area contributed by atoms with Crippen molar-refractivity contribution in [3.63, 3.8) is 0 Å². The third-order valence-electron chi connectivity index (χ3n) is 2.77. The summed E-state index contributed by atoms with van der Waals surface area (Å²) in [6.07, 6.45) is 0.937. The Kier molecular flexibility index (Phi) is 3.94. The molecular formula is C12H10FN3O5. The van der Waals surface area contributed by atoms with Crippen LogP contribution in [0, 0.1) is 15.9 Å². The Labute approximate surface area is 117 Å². The number of nitrogens with zero attached hydrogens (tertiary/aromatic N) is 2. The molecule has 0 fully saturated rings. The van der Waals surface area contributed by atoms with E-state index in [1.54, 1.807) is 0 Å². The summed E-state index contributed by atoms with van der Waals surface area (Å²) in [5.74, 6) is -2.46. The molecule has 1 aromatic carbocycles. The summed E-state index contributed by atoms with van der Waals surface area (Å²) in [4.78, 5) is 34.1. The van der Waals surface area contributed by atoms with E-state index in [9.17, 15) is 24.1 Å². The van der Waals surface area contributed by atoms with Crippen molar-refractivity contribution in [3.05, 3.63) is 45.9 Å². The molecule has 110 valence electrons. The van der Waals surface area contributed by atoms with E-state index in [4.69, 9.17) is 5.11 Å². The lowest BCUT2D eigenvalue weighted by molar-refractivity contribution is -0.386. The van der Waals surface area contributed by atoms with E-state index in [0.29, 0.717) is 0 Å². The van der Waals surface area contributed by atoms with Crippen molar-refractivity contribution < 1.29 is 24.0 Å². The van der Waals surface area contributed by atoms with E-state index in [1.165, 1.54) is 12.1 Å². The van der Waals surface area contributed by atoms with Crippen LogP contribution in [0.2, 0.25) is 0 Å². The molecule has 9 heteroatoms. The summed E-state index contributed by atoms with van der Waals surface area (Å²) in [5.41, 5.74) is -1.28. The number of nitro groups is 1. The highest BCUT2D eigenvalue weighted by Gasteiger charge is 2.32. The average Bonchev–Trinajstić information content (AvgIpc) is 2.66. The Morgan fingerprint density at radius 2 is 2.10 bits per heavy atom. The molecule has 2 amide bonds. The van der Waals surface area contributed by atoms with Crippen molar-refractivity contribution in [2.24, 2.45) is 0 Å². The fourth-order valence-corrected chi connectivity index (χ4v) is 1.86. The molecule has 0 radical (unpaired) electrons. The highest BCUT2D eigenvalue weighted by atomic mass is 19.1. The third-order valence-corrected chi connectivity index (χ3v) is 2.77. The number of aliphatic hydroxyl groups is 1. The highest BCUT2D eigenvalue weighted by molar-refractivity contribution is 6.17. The first-order valence-electron chi connectivity index (χ1n) is 5.84. The molecule has 1 heterocycles. The van der Waals surface area contributed by atoms with Crippen LogP contribution in [-0.4, -0.2) is 39.9 Å². The molecule has 0 saturated heterocycles. The molecule has 0 spiro atoms. The number of nitrogens with one attached hydrogen (secondary N) is 1. The van der Waals surface area contributed by atoms with Gasteiger partial charge in [0.05, 0.1) is 18.1 Å². The largest absolute Gasteiger partial charge is 0.395 e. The molecule has 0 bridgehead atoms. The van der Waals surface area contributed by atoms with Gasteiger partial charge in [0.1, 0.15) is 11.4 Å². The van der Waals surface area contributed by atoms with Crippen LogP contribution in [0.1, 0.15) is 0 Å². The van der Waals surface area contributed by atoms with Crippen LogP contribution in [0.25, 0.3) is 0 Å². The lowest BCUT2D eigenvalue weighted by Gasteiger charge is -2.13. The molecule has 2 N–H and O–H groups in total. The Hall–Kier alpha value is -2.81. The maximum atomic E-state index is 13.4. The fraction of sp³-hybridized carbons (Fsp3) is 0.167. The molecular weight excluding hydrogens is 285 g/mol. The zero-order chi connectivity index (χ0) is 15.6. The van der Waals surface area contributed by atoms with E-state index < -0.39 is 34.8 Å². The minimum absolute atomic E-state index is 0.190. The molecule has 2 rings (SSSR count). The zero-order valence-corrected chi connectivity index (χ0v) is 10.6. The van der Waals surface area contributed by atoms with E-state index in [0.717, 1.165) is 17.0 Å². The van der Waals surface area contributed by atoms with E-state index in [2.05, 4.69) is 5.32 Å². The van der Waals surface area contributed by atoms with Crippen LogP contribution in [0.15, 0.2) is 30.0 Å². The number of β-amino-alcohol motifs (C(OH)–C–C–N with tert-alkyl or cyclic N) is 1. The number of para-hydroxylation sites is 1. The Morgan fingerprint density at radius 3 is 2.71 bits per heavy atom. The quantitative estimate of drug-likeness (QED) is 0.461. The molecule has 0 saturated carbocycles. The predicted octanol–water partition coefficient (Wildman–Crippen LogP) is 0.391. The summed E-state index contributed by atoms with van der Waals surface area (Å²) in [5, 5.41) is 22.0. The first-order chi connectivity index (χ1) is 9.95. The topological polar surface area (TPSA) is 113 Å². The number of nitro benzene ring substituents is 1. The molecule has 1 aromatic rings. The number of anilines is 1. The number of benzene rings is 1. The minimum Gasteiger partial charge on any atom is -0.395 e. The number of rotatable bonds is 5. The molecule has 0 aliphatic carbocycles. The van der Waals surface area contributed by atoms with Gasteiger partial charge in [-0.15, -0.1) is 0 Å². The smallest absolute Gasteiger partial charge is 0.327 e. The van der Waals surface area contributed by atoms with Gasteiger partial charge in [-0.3, -0.25) is 24.6 Å². The first kappa shape index (κ1) is 14.6. The van der Waals surface area contributed by atoms with Crippen molar-refractivity contribution in [2.75, 3.05) is 18.5 Å². The summed E-state index contributed by atoms with van der Waals surface area (Å²) < 4.78 is 13.4. The molecule has 0 atom stereocenters. The van der Waals surface area contributed by atoms with Gasteiger partial charge >= 0.3 is 5.69 Å². The Balaban J connectivity index is 2.30. The van der Waals surface area contributed by atoms with Gasteiger partial charge in [0.2, 0.25) is 5.82 Å². The molecule has 8 nitrogen and oxygen atoms in total. The second kappa shape index (κ2) is 5.67. The van der Waals surface area contributed by atoms with Crippen molar-refractivity contribution in [1.82, 2.24) is 4.90 Å². The summed E-state index contributed by atoms with van der Waals surface area (Å²) in [6.45, 7) is -0.594. The maximum Gasteiger partial charge on any atom is 0.327 e. The van der Waals surface area contributed by atoms with Crippen molar-refractivity contribution >= 4 is 23.2 Å². The van der Waals surface area contributed by atoms with Crippen LogP contribution < -0.4 is 5.32 Å². The first-order valence-corrected chi connectivity index (χ1v) is 5.84. The lowest BCUT2D eigenvalue weighted by Crippen LogP contribution is -2.34. The van der Waals surface area contributed by atoms with Gasteiger partial charge in [-0.1, -0.05) is 6.07 Å². The third kappa shape index (κ3) is 2.72. The number of aliphatic hydroxyl groups excluding tert-OH is 1. The number of hydrogen-bond donors (Lipinski definition) is 2. The molecule has 0 unspecified atom stereocenters. The van der Waals surface area contributed by atoms with Crippen molar-refractivity contribution in [1.29, 1.82) is 0 Å². The van der Waals surface area contributed by atoms with Gasteiger partial charge in [-0.05, 0) is 12.1 Å². The van der Waals surface area contributed by atoms with Crippen LogP contribution in [0.5, 0.6) is 0 Å². The van der Waals surface area contributed by atoms with Gasteiger partial charge in [0.15, 0.2) is 0 Å². The van der Waals surface area contributed by atoms with Gasteiger partial charge in [-0.2, -0.15) is 4.39 Å². The zero-order valence-electron chi connectivity index (χ0n) is 10.6. The fourth-order valence-electron chi connectivity index (χ4n) is 1.86. The maximum absolute atomic E-state index is 13.4. The number of imide groups is 1. The highest BCUT2D eigenvalue weighted by Crippen LogP contribution is 2.29. The molecule has 21 heavy (non-hydrogen) atoms. The minimum atomic E-state index is -1.06. The van der Waals surface area contributed by atoms with Crippen LogP contribution in [0.3, 0.4) is 0 Å². The molecule has 1 aliphatic rings. The normalized spacial score (nSPS) is 14.4. The SMILES string of the molecule is O=C1C=C(Nc2cccc(F)c2[N+](=O)[O-])C(=O)N1CCO. The monoisotopic (exact) mass is 295 g/mol. The average molecular weight is 295 g/mol. The number of amides is 2. The second-order valence-electron chi connectivity index (χ2n) is 4.09. The lowest BCUT2D eigenvalue weighted by atomic mass is 10.2. The van der Waals surface area contributed by atoms with Gasteiger partial charge in [0, 0.05) is 6.08 Å². The summed E-state index contributed by atoms with van der Waals surface area (Å²) >= 11 is 0. The van der Waals surface area contributed by atoms with Gasteiger partial charge in [-0.25, -0.2) is 0 Å². The van der Waals surface area contributed by atoms with Gasteiger partial charge < -0.3 is 10.4 Å². The van der Waals surface area contributed by atoms with Crippen LogP contribution in [-0.2, 0) is 9.59 Å². The van der Waals surface area contributed by atoms with Crippen LogP contribution in [0.4, 0.5) is 15.8 Å². The molecule has 0 aromatic heterocycles. The Morgan fingerprint density at radius 1 is 1.38 bits per heavy atom. The van der Waals surface area contributed by atoms with E-state index in [-0.39, 0.29) is 17.9 Å². The number of halogens is 1. The second-order valence-corrected chi connectivity index (χ2v) is 4.09. The summed E-state index contributed by atoms with van der Waals surface area (Å²) in [6, 6.07) is 3.36. The molecule has 1 aliphatic heterocycles. The van der Waals surface area contributed by atoms with Crippen molar-refractivity contribution in [3.8, 4) is 0 Å². The van der Waals surface area contributed by atoms with E-state index >= 15 is 0 Å². The number of carbonyl (C=O) groups is 2.